The predicted octanol–water partition coefficient (Wildman–Crippen LogP) is 0.517. The van der Waals surface area contributed by atoms with E-state index in [1.807, 2.05) is 0 Å². The first-order valence-electron chi connectivity index (χ1n) is 8.65. The summed E-state index contributed by atoms with van der Waals surface area (Å²) in [5.41, 5.74) is 3.04. The minimum Gasteiger partial charge on any atom is -0.504 e. The van der Waals surface area contributed by atoms with Gasteiger partial charge < -0.3 is 36.4 Å². The number of nitrogens with two attached hydrogens (primary N) is 1. The van der Waals surface area contributed by atoms with E-state index in [0.29, 0.717) is 0 Å². The summed E-state index contributed by atoms with van der Waals surface area (Å²) in [7, 11) is 0. The van der Waals surface area contributed by atoms with Crippen molar-refractivity contribution in [2.24, 2.45) is 5.73 Å². The fraction of sp³-hybridized carbons (Fsp3) is 0.0952. The summed E-state index contributed by atoms with van der Waals surface area (Å²) in [5.74, 6) is -6.19. The number of phenolic OH excluding ortho intramolecular Hbond substituents is 4. The van der Waals surface area contributed by atoms with Crippen molar-refractivity contribution in [1.82, 2.24) is 0 Å². The molecule has 0 saturated carbocycles. The number of rotatable bonds is 8. The average Bonchev–Trinajstić information content (AvgIpc) is 2.73. The van der Waals surface area contributed by atoms with E-state index in [2.05, 4.69) is 0 Å². The molecular weight excluding hydrogens is 410 g/mol. The van der Waals surface area contributed by atoms with Gasteiger partial charge in [0.2, 0.25) is 5.54 Å². The number of carbonyl (C=O) groups is 3. The van der Waals surface area contributed by atoms with Crippen molar-refractivity contribution in [3.8, 4) is 23.0 Å². The van der Waals surface area contributed by atoms with Crippen LogP contribution < -0.4 is 5.73 Å². The fourth-order valence-electron chi connectivity index (χ4n) is 2.45. The lowest BCUT2D eigenvalue weighted by Crippen LogP contribution is -2.64. The molecule has 0 heterocycles. The standard InChI is InChI=1S/C21H19NO9/c22-21(20(30)31,18(28)8-4-12-2-6-14(24)17(27)10-12)19(29)15(25)7-3-11-1-5-13(23)16(26)9-11/h1-10,19,23-24,26-27,29H,22H2,(H,30,31)/t19?,21-/m0/s1. The van der Waals surface area contributed by atoms with Crippen LogP contribution in [0, 0.1) is 0 Å². The second-order valence-corrected chi connectivity index (χ2v) is 6.51. The van der Waals surface area contributed by atoms with Gasteiger partial charge >= 0.3 is 5.97 Å². The monoisotopic (exact) mass is 429 g/mol. The van der Waals surface area contributed by atoms with Crippen LogP contribution in [-0.2, 0) is 14.4 Å². The number of aliphatic hydroxyl groups excluding tert-OH is 1. The van der Waals surface area contributed by atoms with Crippen molar-refractivity contribution in [2.75, 3.05) is 0 Å². The Morgan fingerprint density at radius 1 is 0.806 bits per heavy atom. The summed E-state index contributed by atoms with van der Waals surface area (Å²) in [6.07, 6.45) is 1.25. The number of carboxylic acids is 1. The minimum atomic E-state index is -3.01. The molecule has 2 rings (SSSR count). The van der Waals surface area contributed by atoms with E-state index in [1.54, 1.807) is 0 Å². The molecule has 0 aliphatic rings. The van der Waals surface area contributed by atoms with E-state index in [9.17, 15) is 45.0 Å². The van der Waals surface area contributed by atoms with Gasteiger partial charge in [0.15, 0.2) is 40.7 Å². The van der Waals surface area contributed by atoms with Gasteiger partial charge in [-0.15, -0.1) is 0 Å². The molecule has 31 heavy (non-hydrogen) atoms. The first kappa shape index (κ1) is 23.1. The van der Waals surface area contributed by atoms with E-state index in [-0.39, 0.29) is 11.1 Å². The van der Waals surface area contributed by atoms with Crippen LogP contribution in [0.5, 0.6) is 23.0 Å². The van der Waals surface area contributed by atoms with Crippen molar-refractivity contribution in [3.05, 3.63) is 59.7 Å². The summed E-state index contributed by atoms with van der Waals surface area (Å²) in [6, 6.07) is 7.13. The normalized spacial score (nSPS) is 14.4. The van der Waals surface area contributed by atoms with Gasteiger partial charge in [-0.3, -0.25) is 9.59 Å². The number of aliphatic carboxylic acids is 1. The maximum Gasteiger partial charge on any atom is 0.335 e. The van der Waals surface area contributed by atoms with Crippen LogP contribution >= 0.6 is 0 Å². The van der Waals surface area contributed by atoms with Crippen molar-refractivity contribution in [2.45, 2.75) is 11.6 Å². The molecular formula is C21H19NO9. The number of hydrogen-bond acceptors (Lipinski definition) is 9. The molecule has 2 aromatic carbocycles. The number of aromatic hydroxyl groups is 4. The predicted molar refractivity (Wildman–Crippen MR) is 108 cm³/mol. The Kier molecular flexibility index (Phi) is 6.80. The highest BCUT2D eigenvalue weighted by Crippen LogP contribution is 2.26. The Morgan fingerprint density at radius 3 is 1.68 bits per heavy atom. The third-order valence-electron chi connectivity index (χ3n) is 4.33. The van der Waals surface area contributed by atoms with Gasteiger partial charge in [0.25, 0.3) is 0 Å². The molecule has 0 spiro atoms. The second-order valence-electron chi connectivity index (χ2n) is 6.51. The van der Waals surface area contributed by atoms with Crippen molar-refractivity contribution >= 4 is 29.7 Å². The topological polar surface area (TPSA) is 199 Å². The summed E-state index contributed by atoms with van der Waals surface area (Å²) in [5, 5.41) is 57.0. The SMILES string of the molecule is N[C@@](C(=O)O)(C(=O)C=Cc1ccc(O)c(O)c1)C(O)C(=O)C=Cc1ccc(O)c(O)c1. The molecule has 2 atom stereocenters. The number of ketones is 2. The fourth-order valence-corrected chi connectivity index (χ4v) is 2.45. The first-order valence-corrected chi connectivity index (χ1v) is 8.65. The Labute approximate surface area is 175 Å². The third kappa shape index (κ3) is 5.07. The van der Waals surface area contributed by atoms with Crippen molar-refractivity contribution in [3.63, 3.8) is 0 Å². The molecule has 0 amide bonds. The highest BCUT2D eigenvalue weighted by Gasteiger charge is 2.50. The van der Waals surface area contributed by atoms with Gasteiger partial charge in [-0.2, -0.15) is 0 Å². The molecule has 8 N–H and O–H groups in total. The molecule has 162 valence electrons. The Bertz CT molecular complexity index is 1090. The maximum absolute atomic E-state index is 12.4. The number of benzene rings is 2. The molecule has 0 fully saturated rings. The lowest BCUT2D eigenvalue weighted by Gasteiger charge is -2.25. The van der Waals surface area contributed by atoms with E-state index in [4.69, 9.17) is 5.73 Å². The molecule has 1 unspecified atom stereocenters. The average molecular weight is 429 g/mol. The summed E-state index contributed by atoms with van der Waals surface area (Å²) < 4.78 is 0. The molecule has 0 aliphatic carbocycles. The zero-order valence-electron chi connectivity index (χ0n) is 15.8. The zero-order valence-corrected chi connectivity index (χ0v) is 15.8. The number of carbonyl (C=O) groups excluding carboxylic acids is 2. The molecule has 10 heteroatoms. The Morgan fingerprint density at radius 2 is 1.26 bits per heavy atom. The highest BCUT2D eigenvalue weighted by molar-refractivity contribution is 6.19. The van der Waals surface area contributed by atoms with Gasteiger partial charge in [-0.1, -0.05) is 24.3 Å². The Hall–Kier alpha value is -4.15. The largest absolute Gasteiger partial charge is 0.504 e. The van der Waals surface area contributed by atoms with Crippen LogP contribution in [0.15, 0.2) is 48.6 Å². The van der Waals surface area contributed by atoms with E-state index < -0.39 is 52.2 Å². The van der Waals surface area contributed by atoms with Gasteiger partial charge in [0.1, 0.15) is 0 Å². The number of aliphatic hydroxyl groups is 1. The summed E-state index contributed by atoms with van der Waals surface area (Å²) in [4.78, 5) is 36.3. The maximum atomic E-state index is 12.4. The lowest BCUT2D eigenvalue weighted by molar-refractivity contribution is -0.155. The summed E-state index contributed by atoms with van der Waals surface area (Å²) in [6.45, 7) is 0. The van der Waals surface area contributed by atoms with Crippen molar-refractivity contribution < 1.29 is 45.0 Å². The van der Waals surface area contributed by atoms with Gasteiger partial charge in [0.05, 0.1) is 0 Å². The van der Waals surface area contributed by atoms with E-state index in [0.717, 1.165) is 48.6 Å². The van der Waals surface area contributed by atoms with Gasteiger partial charge in [-0.25, -0.2) is 4.79 Å². The molecule has 0 bridgehead atoms. The first-order chi connectivity index (χ1) is 14.5. The molecule has 0 aliphatic heterocycles. The van der Waals surface area contributed by atoms with Crippen LogP contribution in [0.25, 0.3) is 12.2 Å². The van der Waals surface area contributed by atoms with Crippen LogP contribution in [0.2, 0.25) is 0 Å². The van der Waals surface area contributed by atoms with Crippen LogP contribution in [0.4, 0.5) is 0 Å². The number of carboxylic acid groups (broad SMARTS) is 1. The third-order valence-corrected chi connectivity index (χ3v) is 4.33. The summed E-state index contributed by atoms with van der Waals surface area (Å²) >= 11 is 0. The van der Waals surface area contributed by atoms with E-state index in [1.165, 1.54) is 12.1 Å². The van der Waals surface area contributed by atoms with Crippen LogP contribution in [0.3, 0.4) is 0 Å². The van der Waals surface area contributed by atoms with E-state index >= 15 is 0 Å². The number of hydrogen-bond donors (Lipinski definition) is 7. The molecule has 10 nitrogen and oxygen atoms in total. The molecule has 2 aromatic rings. The lowest BCUT2D eigenvalue weighted by atomic mass is 9.85. The van der Waals surface area contributed by atoms with Gasteiger partial charge in [0, 0.05) is 0 Å². The number of phenols is 4. The van der Waals surface area contributed by atoms with Crippen LogP contribution in [0.1, 0.15) is 11.1 Å². The second kappa shape index (κ2) is 9.11. The molecule has 0 aromatic heterocycles. The smallest absolute Gasteiger partial charge is 0.335 e. The van der Waals surface area contributed by atoms with Gasteiger partial charge in [-0.05, 0) is 47.5 Å². The van der Waals surface area contributed by atoms with Crippen LogP contribution in [-0.4, -0.2) is 59.8 Å². The molecule has 0 saturated heterocycles. The van der Waals surface area contributed by atoms with Crippen molar-refractivity contribution in [1.29, 1.82) is 0 Å². The molecule has 0 radical (unpaired) electrons. The Balaban J connectivity index is 2.25. The minimum absolute atomic E-state index is 0.212. The zero-order chi connectivity index (χ0) is 23.3. The quantitative estimate of drug-likeness (QED) is 0.176. The highest BCUT2D eigenvalue weighted by atomic mass is 16.4.